The van der Waals surface area contributed by atoms with Gasteiger partial charge in [0.2, 0.25) is 0 Å². The summed E-state index contributed by atoms with van der Waals surface area (Å²) >= 11 is 0. The molecule has 0 atom stereocenters. The van der Waals surface area contributed by atoms with E-state index in [1.54, 1.807) is 0 Å². The van der Waals surface area contributed by atoms with Crippen LogP contribution in [0, 0.1) is 0 Å². The molecule has 0 aromatic carbocycles. The SMILES string of the molecule is NCc1cc(CC(=O)O)c(C(F)F)nc1C(F)(F)F. The molecule has 0 saturated heterocycles. The smallest absolute Gasteiger partial charge is 0.433 e. The van der Waals surface area contributed by atoms with E-state index in [0.29, 0.717) is 6.07 Å². The van der Waals surface area contributed by atoms with Gasteiger partial charge in [0.05, 0.1) is 6.42 Å². The molecule has 0 fully saturated rings. The van der Waals surface area contributed by atoms with E-state index in [4.69, 9.17) is 10.8 Å². The summed E-state index contributed by atoms with van der Waals surface area (Å²) in [7, 11) is 0. The lowest BCUT2D eigenvalue weighted by Gasteiger charge is -2.15. The molecule has 1 aromatic rings. The average molecular weight is 284 g/mol. The Morgan fingerprint density at radius 2 is 1.95 bits per heavy atom. The summed E-state index contributed by atoms with van der Waals surface area (Å²) in [6, 6.07) is 0.714. The third-order valence-corrected chi connectivity index (χ3v) is 2.25. The van der Waals surface area contributed by atoms with Gasteiger partial charge in [0.1, 0.15) is 11.4 Å². The molecule has 0 spiro atoms. The Morgan fingerprint density at radius 1 is 1.37 bits per heavy atom. The van der Waals surface area contributed by atoms with Crippen molar-refractivity contribution >= 4 is 5.97 Å². The molecular formula is C10H9F5N2O2. The van der Waals surface area contributed by atoms with Crippen LogP contribution < -0.4 is 5.73 Å². The second-order valence-corrected chi connectivity index (χ2v) is 3.61. The molecule has 4 nitrogen and oxygen atoms in total. The Hall–Kier alpha value is -1.77. The van der Waals surface area contributed by atoms with Crippen LogP contribution in [0.25, 0.3) is 0 Å². The average Bonchev–Trinajstić information content (AvgIpc) is 2.25. The van der Waals surface area contributed by atoms with E-state index in [0.717, 1.165) is 0 Å². The lowest BCUT2D eigenvalue weighted by molar-refractivity contribution is -0.142. The Labute approximate surface area is 104 Å². The molecule has 0 aliphatic heterocycles. The van der Waals surface area contributed by atoms with Crippen molar-refractivity contribution in [3.63, 3.8) is 0 Å². The topological polar surface area (TPSA) is 76.2 Å². The first-order valence-corrected chi connectivity index (χ1v) is 4.96. The highest BCUT2D eigenvalue weighted by atomic mass is 19.4. The number of pyridine rings is 1. The van der Waals surface area contributed by atoms with Crippen LogP contribution in [0.2, 0.25) is 0 Å². The largest absolute Gasteiger partial charge is 0.481 e. The maximum absolute atomic E-state index is 12.6. The van der Waals surface area contributed by atoms with Crippen LogP contribution in [0.3, 0.4) is 0 Å². The summed E-state index contributed by atoms with van der Waals surface area (Å²) in [6.07, 6.45) is -9.08. The van der Waals surface area contributed by atoms with Crippen molar-refractivity contribution in [2.75, 3.05) is 0 Å². The Morgan fingerprint density at radius 3 is 2.32 bits per heavy atom. The van der Waals surface area contributed by atoms with Gasteiger partial charge in [0, 0.05) is 6.54 Å². The van der Waals surface area contributed by atoms with Crippen molar-refractivity contribution in [3.05, 3.63) is 28.6 Å². The number of nitrogens with two attached hydrogens (primary N) is 1. The van der Waals surface area contributed by atoms with Crippen LogP contribution in [0.1, 0.15) is 28.9 Å². The number of hydrogen-bond acceptors (Lipinski definition) is 3. The number of aromatic nitrogens is 1. The molecule has 9 heteroatoms. The number of carboxylic acids is 1. The summed E-state index contributed by atoms with van der Waals surface area (Å²) in [5.41, 5.74) is 1.40. The van der Waals surface area contributed by atoms with Crippen molar-refractivity contribution < 1.29 is 31.9 Å². The molecule has 0 saturated carbocycles. The second-order valence-electron chi connectivity index (χ2n) is 3.61. The van der Waals surface area contributed by atoms with Gasteiger partial charge < -0.3 is 10.8 Å². The summed E-state index contributed by atoms with van der Waals surface area (Å²) in [5, 5.41) is 8.54. The number of alkyl halides is 5. The van der Waals surface area contributed by atoms with Gasteiger partial charge in [0.15, 0.2) is 0 Å². The van der Waals surface area contributed by atoms with E-state index in [-0.39, 0.29) is 0 Å². The predicted molar refractivity (Wildman–Crippen MR) is 53.4 cm³/mol. The van der Waals surface area contributed by atoms with E-state index in [2.05, 4.69) is 4.98 Å². The molecule has 0 radical (unpaired) electrons. The molecule has 3 N–H and O–H groups in total. The quantitative estimate of drug-likeness (QED) is 0.830. The van der Waals surface area contributed by atoms with Crippen LogP contribution in [-0.2, 0) is 23.9 Å². The summed E-state index contributed by atoms with van der Waals surface area (Å²) < 4.78 is 63.0. The molecule has 19 heavy (non-hydrogen) atoms. The van der Waals surface area contributed by atoms with E-state index in [1.165, 1.54) is 0 Å². The Bertz CT molecular complexity index is 488. The number of hydrogen-bond donors (Lipinski definition) is 2. The number of carboxylic acid groups (broad SMARTS) is 1. The van der Waals surface area contributed by atoms with Gasteiger partial charge >= 0.3 is 12.1 Å². The predicted octanol–water partition coefficient (Wildman–Crippen LogP) is 2.12. The number of carbonyl (C=O) groups is 1. The number of nitrogens with zero attached hydrogens (tertiary/aromatic N) is 1. The fourth-order valence-electron chi connectivity index (χ4n) is 1.51. The highest BCUT2D eigenvalue weighted by Crippen LogP contribution is 2.33. The zero-order valence-corrected chi connectivity index (χ0v) is 9.34. The lowest BCUT2D eigenvalue weighted by Crippen LogP contribution is -2.18. The van der Waals surface area contributed by atoms with E-state index >= 15 is 0 Å². The maximum atomic E-state index is 12.6. The highest BCUT2D eigenvalue weighted by Gasteiger charge is 2.37. The van der Waals surface area contributed by atoms with Gasteiger partial charge in [-0.15, -0.1) is 0 Å². The van der Waals surface area contributed by atoms with E-state index < -0.39 is 54.1 Å². The van der Waals surface area contributed by atoms with E-state index in [1.807, 2.05) is 0 Å². The minimum Gasteiger partial charge on any atom is -0.481 e. The fraction of sp³-hybridized carbons (Fsp3) is 0.400. The number of rotatable bonds is 4. The molecule has 0 aliphatic carbocycles. The zero-order valence-electron chi connectivity index (χ0n) is 9.34. The maximum Gasteiger partial charge on any atom is 0.433 e. The Kier molecular flexibility index (Phi) is 4.40. The van der Waals surface area contributed by atoms with Crippen molar-refractivity contribution in [2.24, 2.45) is 5.73 Å². The molecule has 0 unspecified atom stereocenters. The van der Waals surface area contributed by atoms with Gasteiger partial charge in [0.25, 0.3) is 6.43 Å². The van der Waals surface area contributed by atoms with Crippen LogP contribution in [-0.4, -0.2) is 16.1 Å². The Balaban J connectivity index is 3.46. The standard InChI is InChI=1S/C10H9F5N2O2/c11-9(12)7-4(2-6(18)19)1-5(3-16)8(17-7)10(13,14)15/h1,9H,2-3,16H2,(H,18,19). The van der Waals surface area contributed by atoms with Gasteiger partial charge in [-0.1, -0.05) is 0 Å². The van der Waals surface area contributed by atoms with Gasteiger partial charge in [-0.3, -0.25) is 4.79 Å². The third-order valence-electron chi connectivity index (χ3n) is 2.25. The molecule has 0 amide bonds. The minimum atomic E-state index is -4.93. The highest BCUT2D eigenvalue weighted by molar-refractivity contribution is 5.70. The molecule has 1 aromatic heterocycles. The fourth-order valence-corrected chi connectivity index (χ4v) is 1.51. The van der Waals surface area contributed by atoms with Gasteiger partial charge in [-0.05, 0) is 17.2 Å². The minimum absolute atomic E-state index is 0.476. The molecular weight excluding hydrogens is 275 g/mol. The normalized spacial score (nSPS) is 11.9. The third kappa shape index (κ3) is 3.60. The van der Waals surface area contributed by atoms with Crippen LogP contribution >= 0.6 is 0 Å². The van der Waals surface area contributed by atoms with Crippen LogP contribution in [0.15, 0.2) is 6.07 Å². The van der Waals surface area contributed by atoms with Crippen molar-refractivity contribution in [1.29, 1.82) is 0 Å². The van der Waals surface area contributed by atoms with Crippen molar-refractivity contribution in [2.45, 2.75) is 25.6 Å². The number of halogens is 5. The first kappa shape index (κ1) is 15.3. The van der Waals surface area contributed by atoms with Gasteiger partial charge in [-0.2, -0.15) is 13.2 Å². The van der Waals surface area contributed by atoms with E-state index in [9.17, 15) is 26.7 Å². The molecule has 1 heterocycles. The summed E-state index contributed by atoms with van der Waals surface area (Å²) in [4.78, 5) is 13.3. The monoisotopic (exact) mass is 284 g/mol. The van der Waals surface area contributed by atoms with Crippen LogP contribution in [0.5, 0.6) is 0 Å². The first-order valence-electron chi connectivity index (χ1n) is 4.96. The van der Waals surface area contributed by atoms with Crippen molar-refractivity contribution in [1.82, 2.24) is 4.98 Å². The molecule has 1 rings (SSSR count). The second kappa shape index (κ2) is 5.47. The zero-order chi connectivity index (χ0) is 14.8. The molecule has 106 valence electrons. The molecule has 0 bridgehead atoms. The summed E-state index contributed by atoms with van der Waals surface area (Å²) in [6.45, 7) is -0.585. The molecule has 0 aliphatic rings. The summed E-state index contributed by atoms with van der Waals surface area (Å²) in [5.74, 6) is -1.45. The van der Waals surface area contributed by atoms with Crippen LogP contribution in [0.4, 0.5) is 22.0 Å². The van der Waals surface area contributed by atoms with Crippen molar-refractivity contribution in [3.8, 4) is 0 Å². The first-order chi connectivity index (χ1) is 8.66. The number of aliphatic carboxylic acids is 1. The van der Waals surface area contributed by atoms with Gasteiger partial charge in [-0.25, -0.2) is 13.8 Å². The lowest BCUT2D eigenvalue weighted by atomic mass is 10.0.